The number of hydrogen-bond acceptors (Lipinski definition) is 5. The van der Waals surface area contributed by atoms with Crippen LogP contribution in [0.2, 0.25) is 0 Å². The molecule has 1 heterocycles. The minimum Gasteiger partial charge on any atom is -0.326 e. The largest absolute Gasteiger partial charge is 0.326 e. The Bertz CT molecular complexity index is 993. The summed E-state index contributed by atoms with van der Waals surface area (Å²) in [5, 5.41) is 15.9. The number of thiophene rings is 1. The van der Waals surface area contributed by atoms with Crippen LogP contribution in [0.4, 0.5) is 10.7 Å². The first-order valence-corrected chi connectivity index (χ1v) is 12.5. The second-order valence-electron chi connectivity index (χ2n) is 8.10. The third-order valence-electron chi connectivity index (χ3n) is 5.42. The molecular formula is C24H29N3O2S2. The van der Waals surface area contributed by atoms with Gasteiger partial charge in [-0.3, -0.25) is 9.59 Å². The first kappa shape index (κ1) is 23.4. The van der Waals surface area contributed by atoms with Gasteiger partial charge in [0.1, 0.15) is 11.1 Å². The molecule has 0 bridgehead atoms. The molecule has 2 N–H and O–H groups in total. The molecule has 1 aromatic carbocycles. The summed E-state index contributed by atoms with van der Waals surface area (Å²) in [6.07, 6.45) is 5.34. The summed E-state index contributed by atoms with van der Waals surface area (Å²) in [7, 11) is 0. The Morgan fingerprint density at radius 1 is 1.35 bits per heavy atom. The SMILES string of the molecule is CCCCC(=O)Nc1cccc(SC(C)C(=O)Nc2sc3c(c2C#N)CCC(C)C3)c1. The molecule has 0 saturated carbocycles. The van der Waals surface area contributed by atoms with Gasteiger partial charge in [0.25, 0.3) is 0 Å². The lowest BCUT2D eigenvalue weighted by Crippen LogP contribution is -2.22. The first-order chi connectivity index (χ1) is 14.9. The van der Waals surface area contributed by atoms with Crippen molar-refractivity contribution in [1.82, 2.24) is 0 Å². The second-order valence-corrected chi connectivity index (χ2v) is 10.6. The molecule has 164 valence electrons. The predicted molar refractivity (Wildman–Crippen MR) is 129 cm³/mol. The van der Waals surface area contributed by atoms with Crippen molar-refractivity contribution >= 4 is 45.6 Å². The number of unbranched alkanes of at least 4 members (excludes halogenated alkanes) is 1. The number of amides is 2. The molecule has 0 radical (unpaired) electrons. The molecule has 2 aromatic rings. The molecule has 2 atom stereocenters. The van der Waals surface area contributed by atoms with E-state index in [1.165, 1.54) is 16.6 Å². The summed E-state index contributed by atoms with van der Waals surface area (Å²) < 4.78 is 0. The maximum absolute atomic E-state index is 12.8. The zero-order valence-electron chi connectivity index (χ0n) is 18.3. The number of nitriles is 1. The summed E-state index contributed by atoms with van der Waals surface area (Å²) in [5.41, 5.74) is 2.49. The molecule has 0 spiro atoms. The van der Waals surface area contributed by atoms with Crippen molar-refractivity contribution in [2.45, 2.75) is 69.4 Å². The monoisotopic (exact) mass is 455 g/mol. The quantitative estimate of drug-likeness (QED) is 0.479. The summed E-state index contributed by atoms with van der Waals surface area (Å²) >= 11 is 2.98. The number of nitrogens with zero attached hydrogens (tertiary/aromatic N) is 1. The van der Waals surface area contributed by atoms with Crippen LogP contribution in [-0.4, -0.2) is 17.1 Å². The Hall–Kier alpha value is -2.30. The van der Waals surface area contributed by atoms with Crippen LogP contribution in [0.15, 0.2) is 29.2 Å². The average Bonchev–Trinajstić information content (AvgIpc) is 3.08. The highest BCUT2D eigenvalue weighted by Gasteiger charge is 2.25. The highest BCUT2D eigenvalue weighted by atomic mass is 32.2. The summed E-state index contributed by atoms with van der Waals surface area (Å²) in [6, 6.07) is 9.86. The summed E-state index contributed by atoms with van der Waals surface area (Å²) in [4.78, 5) is 27.0. The molecule has 31 heavy (non-hydrogen) atoms. The fourth-order valence-electron chi connectivity index (χ4n) is 3.64. The molecule has 0 aliphatic heterocycles. The summed E-state index contributed by atoms with van der Waals surface area (Å²) in [6.45, 7) is 6.14. The standard InChI is InChI=1S/C24H29N3O2S2/c1-4-5-9-22(28)26-17-7-6-8-18(13-17)30-16(3)23(29)27-24-20(14-25)19-11-10-15(2)12-21(19)31-24/h6-8,13,15-16H,4-5,9-12H2,1-3H3,(H,26,28)(H,27,29). The molecule has 2 unspecified atom stereocenters. The molecule has 1 aromatic heterocycles. The van der Waals surface area contributed by atoms with Gasteiger partial charge in [0.15, 0.2) is 0 Å². The van der Waals surface area contributed by atoms with E-state index in [9.17, 15) is 14.9 Å². The van der Waals surface area contributed by atoms with Gasteiger partial charge >= 0.3 is 0 Å². The number of fused-ring (bicyclic) bond motifs is 1. The van der Waals surface area contributed by atoms with Crippen molar-refractivity contribution in [3.8, 4) is 6.07 Å². The number of thioether (sulfide) groups is 1. The first-order valence-electron chi connectivity index (χ1n) is 10.8. The van der Waals surface area contributed by atoms with Gasteiger partial charge in [-0.1, -0.05) is 26.3 Å². The van der Waals surface area contributed by atoms with E-state index in [1.54, 1.807) is 11.3 Å². The maximum atomic E-state index is 12.8. The van der Waals surface area contributed by atoms with Crippen molar-refractivity contribution in [2.75, 3.05) is 10.6 Å². The van der Waals surface area contributed by atoms with Gasteiger partial charge in [0.2, 0.25) is 11.8 Å². The minimum atomic E-state index is -0.337. The fraction of sp³-hybridized carbons (Fsp3) is 0.458. The van der Waals surface area contributed by atoms with Crippen LogP contribution in [0.5, 0.6) is 0 Å². The normalized spacial score (nSPS) is 16.1. The van der Waals surface area contributed by atoms with E-state index in [0.29, 0.717) is 22.9 Å². The third-order valence-corrected chi connectivity index (χ3v) is 7.68. The molecule has 0 saturated heterocycles. The number of carbonyl (C=O) groups is 2. The van der Waals surface area contributed by atoms with E-state index in [0.717, 1.165) is 48.3 Å². The lowest BCUT2D eigenvalue weighted by atomic mass is 9.89. The van der Waals surface area contributed by atoms with Gasteiger partial charge in [-0.05, 0) is 62.3 Å². The number of benzene rings is 1. The van der Waals surface area contributed by atoms with E-state index in [4.69, 9.17) is 0 Å². The van der Waals surface area contributed by atoms with E-state index in [-0.39, 0.29) is 17.1 Å². The zero-order valence-corrected chi connectivity index (χ0v) is 19.9. The smallest absolute Gasteiger partial charge is 0.238 e. The Morgan fingerprint density at radius 2 is 2.16 bits per heavy atom. The number of anilines is 2. The van der Waals surface area contributed by atoms with Crippen molar-refractivity contribution < 1.29 is 9.59 Å². The Kier molecular flexibility index (Phi) is 8.16. The molecule has 0 fully saturated rings. The number of hydrogen-bond donors (Lipinski definition) is 2. The lowest BCUT2D eigenvalue weighted by Gasteiger charge is -2.17. The van der Waals surface area contributed by atoms with Crippen LogP contribution in [0, 0.1) is 17.2 Å². The van der Waals surface area contributed by atoms with Crippen LogP contribution >= 0.6 is 23.1 Å². The van der Waals surface area contributed by atoms with Gasteiger partial charge in [0.05, 0.1) is 10.8 Å². The molecule has 5 nitrogen and oxygen atoms in total. The Morgan fingerprint density at radius 3 is 2.90 bits per heavy atom. The van der Waals surface area contributed by atoms with Crippen LogP contribution in [0.25, 0.3) is 0 Å². The lowest BCUT2D eigenvalue weighted by molar-refractivity contribution is -0.116. The second kappa shape index (κ2) is 10.8. The van der Waals surface area contributed by atoms with E-state index >= 15 is 0 Å². The Balaban J connectivity index is 1.63. The molecular weight excluding hydrogens is 426 g/mol. The van der Waals surface area contributed by atoms with Gasteiger partial charge in [-0.15, -0.1) is 23.1 Å². The van der Waals surface area contributed by atoms with Gasteiger partial charge in [-0.25, -0.2) is 0 Å². The average molecular weight is 456 g/mol. The molecule has 3 rings (SSSR count). The summed E-state index contributed by atoms with van der Waals surface area (Å²) in [5.74, 6) is 0.505. The van der Waals surface area contributed by atoms with Gasteiger partial charge in [0, 0.05) is 21.9 Å². The van der Waals surface area contributed by atoms with Crippen molar-refractivity contribution in [3.05, 3.63) is 40.3 Å². The number of nitrogens with one attached hydrogen (secondary N) is 2. The van der Waals surface area contributed by atoms with Gasteiger partial charge < -0.3 is 10.6 Å². The van der Waals surface area contributed by atoms with Crippen LogP contribution < -0.4 is 10.6 Å². The minimum absolute atomic E-state index is 0.00908. The highest BCUT2D eigenvalue weighted by molar-refractivity contribution is 8.00. The maximum Gasteiger partial charge on any atom is 0.238 e. The number of rotatable bonds is 8. The Labute approximate surface area is 192 Å². The van der Waals surface area contributed by atoms with Crippen LogP contribution in [0.3, 0.4) is 0 Å². The highest BCUT2D eigenvalue weighted by Crippen LogP contribution is 2.39. The fourth-order valence-corrected chi connectivity index (χ4v) is 5.93. The molecule has 7 heteroatoms. The number of carbonyl (C=O) groups excluding carboxylic acids is 2. The topological polar surface area (TPSA) is 82.0 Å². The van der Waals surface area contributed by atoms with Crippen molar-refractivity contribution in [3.63, 3.8) is 0 Å². The van der Waals surface area contributed by atoms with E-state index in [2.05, 4.69) is 30.6 Å². The molecule has 1 aliphatic carbocycles. The molecule has 1 aliphatic rings. The van der Waals surface area contributed by atoms with E-state index < -0.39 is 0 Å². The predicted octanol–water partition coefficient (Wildman–Crippen LogP) is 5.99. The van der Waals surface area contributed by atoms with E-state index in [1.807, 2.05) is 31.2 Å². The molecule has 2 amide bonds. The third kappa shape index (κ3) is 6.11. The van der Waals surface area contributed by atoms with Gasteiger partial charge in [-0.2, -0.15) is 5.26 Å². The van der Waals surface area contributed by atoms with Crippen LogP contribution in [-0.2, 0) is 22.4 Å². The van der Waals surface area contributed by atoms with Crippen molar-refractivity contribution in [2.24, 2.45) is 5.92 Å². The zero-order chi connectivity index (χ0) is 22.4. The van der Waals surface area contributed by atoms with Crippen molar-refractivity contribution in [1.29, 1.82) is 5.26 Å². The van der Waals surface area contributed by atoms with Crippen LogP contribution in [0.1, 0.15) is 62.5 Å².